The second-order valence-corrected chi connectivity index (χ2v) is 6.27. The largest absolute Gasteiger partial charge is 0.309 e. The van der Waals surface area contributed by atoms with Gasteiger partial charge in [0.05, 0.1) is 10.9 Å². The summed E-state index contributed by atoms with van der Waals surface area (Å²) in [5.41, 5.74) is 7.16. The quantitative estimate of drug-likeness (QED) is 0.513. The Kier molecular flexibility index (Phi) is 4.22. The predicted octanol–water partition coefficient (Wildman–Crippen LogP) is 1.23. The van der Waals surface area contributed by atoms with Crippen molar-refractivity contribution in [2.75, 3.05) is 5.43 Å². The number of hydrazine groups is 1. The molecule has 2 N–H and O–H groups in total. The summed E-state index contributed by atoms with van der Waals surface area (Å²) < 4.78 is 2.94. The lowest BCUT2D eigenvalue weighted by Gasteiger charge is -2.13. The van der Waals surface area contributed by atoms with Crippen LogP contribution in [0.3, 0.4) is 0 Å². The van der Waals surface area contributed by atoms with Crippen molar-refractivity contribution in [2.24, 2.45) is 0 Å². The molecule has 10 nitrogen and oxygen atoms in total. The lowest BCUT2D eigenvalue weighted by Crippen LogP contribution is -2.34. The van der Waals surface area contributed by atoms with Gasteiger partial charge in [-0.05, 0) is 39.0 Å². The first-order valence-electron chi connectivity index (χ1n) is 8.75. The number of nitrogens with zero attached hydrogens (tertiary/aromatic N) is 6. The first-order valence-corrected chi connectivity index (χ1v) is 8.75. The van der Waals surface area contributed by atoms with Gasteiger partial charge in [0.2, 0.25) is 11.8 Å². The highest BCUT2D eigenvalue weighted by Gasteiger charge is 2.16. The Morgan fingerprint density at radius 2 is 1.93 bits per heavy atom. The van der Waals surface area contributed by atoms with Crippen LogP contribution in [-0.2, 0) is 6.54 Å². The summed E-state index contributed by atoms with van der Waals surface area (Å²) in [5.74, 6) is -0.0297. The zero-order valence-electron chi connectivity index (χ0n) is 15.6. The van der Waals surface area contributed by atoms with Crippen LogP contribution in [0.25, 0.3) is 16.7 Å². The topological polar surface area (TPSA) is 119 Å². The van der Waals surface area contributed by atoms with E-state index >= 15 is 0 Å². The molecule has 28 heavy (non-hydrogen) atoms. The van der Waals surface area contributed by atoms with Gasteiger partial charge in [0.1, 0.15) is 0 Å². The Bertz CT molecular complexity index is 1270. The summed E-state index contributed by atoms with van der Waals surface area (Å²) in [4.78, 5) is 37.9. The van der Waals surface area contributed by atoms with Gasteiger partial charge in [0.15, 0.2) is 0 Å². The van der Waals surface area contributed by atoms with E-state index in [0.29, 0.717) is 23.2 Å². The monoisotopic (exact) mass is 378 g/mol. The maximum absolute atomic E-state index is 12.6. The van der Waals surface area contributed by atoms with Gasteiger partial charge in [-0.3, -0.25) is 25.0 Å². The minimum absolute atomic E-state index is 0.0418. The van der Waals surface area contributed by atoms with Crippen LogP contribution in [0.4, 0.5) is 5.95 Å². The smallest absolute Gasteiger partial charge is 0.277 e. The first-order chi connectivity index (χ1) is 13.5. The fourth-order valence-corrected chi connectivity index (χ4v) is 2.99. The van der Waals surface area contributed by atoms with E-state index in [1.54, 1.807) is 24.3 Å². The van der Waals surface area contributed by atoms with Gasteiger partial charge in [0, 0.05) is 17.9 Å². The normalized spacial score (nSPS) is 11.1. The first kappa shape index (κ1) is 17.6. The molecule has 1 aromatic carbocycles. The van der Waals surface area contributed by atoms with Crippen LogP contribution in [0.5, 0.6) is 0 Å². The highest BCUT2D eigenvalue weighted by molar-refractivity contribution is 5.91. The van der Waals surface area contributed by atoms with E-state index in [1.165, 1.54) is 9.08 Å². The summed E-state index contributed by atoms with van der Waals surface area (Å²) in [6, 6.07) is 8.89. The average molecular weight is 378 g/mol. The summed E-state index contributed by atoms with van der Waals surface area (Å²) in [6.07, 6.45) is 0. The van der Waals surface area contributed by atoms with Crippen LogP contribution < -0.4 is 16.4 Å². The Labute approximate surface area is 159 Å². The number of benzene rings is 1. The molecule has 3 heterocycles. The Morgan fingerprint density at radius 1 is 1.14 bits per heavy atom. The lowest BCUT2D eigenvalue weighted by atomic mass is 10.2. The molecule has 142 valence electrons. The van der Waals surface area contributed by atoms with Crippen molar-refractivity contribution in [3.63, 3.8) is 0 Å². The third-order valence-corrected chi connectivity index (χ3v) is 4.29. The van der Waals surface area contributed by atoms with E-state index < -0.39 is 5.91 Å². The molecule has 0 unspecified atom stereocenters. The second-order valence-electron chi connectivity index (χ2n) is 6.27. The van der Waals surface area contributed by atoms with Crippen LogP contribution in [0, 0.1) is 13.8 Å². The van der Waals surface area contributed by atoms with Gasteiger partial charge >= 0.3 is 5.91 Å². The molecule has 10 heteroatoms. The Hall–Kier alpha value is -3.82. The molecule has 4 rings (SSSR count). The van der Waals surface area contributed by atoms with Crippen LogP contribution >= 0.6 is 0 Å². The third-order valence-electron chi connectivity index (χ3n) is 4.29. The lowest BCUT2D eigenvalue weighted by molar-refractivity contribution is 0.0952. The number of nitrogens with one attached hydrogen (secondary N) is 2. The van der Waals surface area contributed by atoms with Crippen LogP contribution in [-0.4, -0.2) is 35.0 Å². The van der Waals surface area contributed by atoms with E-state index in [0.717, 1.165) is 11.4 Å². The SMILES string of the molecule is CCn1c(NNC(=O)c2nc3nc(C)cc(C)n3n2)nc2ccccc2c1=O. The zero-order chi connectivity index (χ0) is 19.8. The molecular formula is C18H18N8O2. The van der Waals surface area contributed by atoms with E-state index in [-0.39, 0.29) is 17.3 Å². The van der Waals surface area contributed by atoms with Gasteiger partial charge < -0.3 is 0 Å². The number of hydrogen-bond donors (Lipinski definition) is 2. The number of aromatic nitrogens is 6. The van der Waals surface area contributed by atoms with Crippen molar-refractivity contribution < 1.29 is 4.79 Å². The highest BCUT2D eigenvalue weighted by Crippen LogP contribution is 2.11. The molecular weight excluding hydrogens is 360 g/mol. The van der Waals surface area contributed by atoms with E-state index in [1.807, 2.05) is 26.8 Å². The summed E-state index contributed by atoms with van der Waals surface area (Å²) in [7, 11) is 0. The molecule has 0 aliphatic carbocycles. The number of carbonyl (C=O) groups excluding carboxylic acids is 1. The van der Waals surface area contributed by atoms with Crippen LogP contribution in [0.15, 0.2) is 35.1 Å². The molecule has 3 aromatic heterocycles. The fourth-order valence-electron chi connectivity index (χ4n) is 2.99. The summed E-state index contributed by atoms with van der Waals surface area (Å²) >= 11 is 0. The minimum atomic E-state index is -0.562. The molecule has 4 aromatic rings. The van der Waals surface area contributed by atoms with Crippen molar-refractivity contribution in [1.82, 2.24) is 34.6 Å². The fraction of sp³-hybridized carbons (Fsp3) is 0.222. The molecule has 0 aliphatic rings. The Morgan fingerprint density at radius 3 is 2.71 bits per heavy atom. The molecule has 0 saturated carbocycles. The van der Waals surface area contributed by atoms with E-state index in [9.17, 15) is 9.59 Å². The average Bonchev–Trinajstić information content (AvgIpc) is 3.11. The number of fused-ring (bicyclic) bond motifs is 2. The van der Waals surface area contributed by atoms with Gasteiger partial charge in [-0.2, -0.15) is 4.98 Å². The van der Waals surface area contributed by atoms with E-state index in [2.05, 4.69) is 30.9 Å². The summed E-state index contributed by atoms with van der Waals surface area (Å²) in [6.45, 7) is 5.92. The van der Waals surface area contributed by atoms with Crippen molar-refractivity contribution in [2.45, 2.75) is 27.3 Å². The third kappa shape index (κ3) is 2.94. The van der Waals surface area contributed by atoms with Crippen molar-refractivity contribution in [3.05, 3.63) is 57.9 Å². The van der Waals surface area contributed by atoms with Crippen LogP contribution in [0.1, 0.15) is 28.9 Å². The number of aryl methyl sites for hydroxylation is 2. The second kappa shape index (κ2) is 6.72. The number of rotatable bonds is 4. The molecule has 0 spiro atoms. The summed E-state index contributed by atoms with van der Waals surface area (Å²) in [5, 5.41) is 4.69. The van der Waals surface area contributed by atoms with Gasteiger partial charge in [0.25, 0.3) is 11.3 Å². The van der Waals surface area contributed by atoms with Gasteiger partial charge in [-0.15, -0.1) is 5.10 Å². The maximum Gasteiger partial charge on any atom is 0.309 e. The van der Waals surface area contributed by atoms with Gasteiger partial charge in [-0.25, -0.2) is 14.5 Å². The Balaban J connectivity index is 1.63. The molecule has 0 atom stereocenters. The minimum Gasteiger partial charge on any atom is -0.277 e. The number of hydrogen-bond acceptors (Lipinski definition) is 7. The molecule has 0 radical (unpaired) electrons. The maximum atomic E-state index is 12.6. The van der Waals surface area contributed by atoms with Gasteiger partial charge in [-0.1, -0.05) is 12.1 Å². The van der Waals surface area contributed by atoms with E-state index in [4.69, 9.17) is 0 Å². The van der Waals surface area contributed by atoms with Crippen molar-refractivity contribution in [3.8, 4) is 0 Å². The molecule has 0 saturated heterocycles. The van der Waals surface area contributed by atoms with Crippen LogP contribution in [0.2, 0.25) is 0 Å². The number of amides is 1. The molecule has 0 fully saturated rings. The standard InChI is InChI=1S/C18H18N8O2/c1-4-25-16(28)12-7-5-6-8-13(12)20-18(25)23-22-15(27)14-21-17-19-10(2)9-11(3)26(17)24-14/h5-9H,4H2,1-3H3,(H,20,23)(H,22,27). The van der Waals surface area contributed by atoms with Crippen molar-refractivity contribution in [1.29, 1.82) is 0 Å². The number of anilines is 1. The number of carbonyl (C=O) groups is 1. The predicted molar refractivity (Wildman–Crippen MR) is 103 cm³/mol. The molecule has 0 aliphatic heterocycles. The highest BCUT2D eigenvalue weighted by atomic mass is 16.2. The van der Waals surface area contributed by atoms with Crippen molar-refractivity contribution >= 4 is 28.5 Å². The zero-order valence-corrected chi connectivity index (χ0v) is 15.6. The molecule has 1 amide bonds. The molecule has 0 bridgehead atoms. The number of para-hydroxylation sites is 1.